The Morgan fingerprint density at radius 1 is 1.47 bits per heavy atom. The summed E-state index contributed by atoms with van der Waals surface area (Å²) in [5.74, 6) is -0.411. The largest absolute Gasteiger partial charge is 0.476 e. The van der Waals surface area contributed by atoms with Crippen molar-refractivity contribution in [3.05, 3.63) is 18.1 Å². The monoisotopic (exact) mass is 207 g/mol. The summed E-state index contributed by atoms with van der Waals surface area (Å²) >= 11 is 0. The molecule has 0 bridgehead atoms. The Kier molecular flexibility index (Phi) is 2.30. The van der Waals surface area contributed by atoms with Crippen LogP contribution in [0.4, 0.5) is 5.82 Å². The first kappa shape index (κ1) is 9.89. The lowest BCUT2D eigenvalue weighted by molar-refractivity contribution is 0.0690. The molecule has 1 heterocycles. The molecule has 1 aliphatic carbocycles. The number of carboxylic acid groups (broad SMARTS) is 1. The molecule has 0 unspecified atom stereocenters. The fourth-order valence-electron chi connectivity index (χ4n) is 1.64. The molecule has 2 N–H and O–H groups in total. The molecular formula is C10H13N3O2. The van der Waals surface area contributed by atoms with Crippen LogP contribution in [0.3, 0.4) is 0 Å². The van der Waals surface area contributed by atoms with Gasteiger partial charge in [-0.25, -0.2) is 14.8 Å². The molecule has 0 amide bonds. The van der Waals surface area contributed by atoms with E-state index in [9.17, 15) is 4.79 Å². The minimum Gasteiger partial charge on any atom is -0.476 e. The van der Waals surface area contributed by atoms with Crippen molar-refractivity contribution in [1.82, 2.24) is 9.97 Å². The van der Waals surface area contributed by atoms with E-state index >= 15 is 0 Å². The number of anilines is 1. The minimum absolute atomic E-state index is 0.0284. The Morgan fingerprint density at radius 3 is 2.60 bits per heavy atom. The van der Waals surface area contributed by atoms with Crippen LogP contribution in [0.25, 0.3) is 0 Å². The van der Waals surface area contributed by atoms with E-state index in [0.717, 1.165) is 12.8 Å². The van der Waals surface area contributed by atoms with Crippen LogP contribution in [0, 0.1) is 0 Å². The van der Waals surface area contributed by atoms with E-state index in [1.165, 1.54) is 18.8 Å². The smallest absolute Gasteiger partial charge is 0.356 e. The zero-order valence-electron chi connectivity index (χ0n) is 8.53. The van der Waals surface area contributed by atoms with Gasteiger partial charge in [-0.15, -0.1) is 0 Å². The highest BCUT2D eigenvalue weighted by Crippen LogP contribution is 2.33. The van der Waals surface area contributed by atoms with E-state index in [2.05, 4.69) is 22.2 Å². The molecule has 1 fully saturated rings. The van der Waals surface area contributed by atoms with Crippen molar-refractivity contribution in [2.24, 2.45) is 0 Å². The molecule has 0 saturated heterocycles. The Hall–Kier alpha value is -1.65. The second-order valence-corrected chi connectivity index (χ2v) is 4.13. The van der Waals surface area contributed by atoms with Gasteiger partial charge < -0.3 is 10.4 Å². The Morgan fingerprint density at radius 2 is 2.20 bits per heavy atom. The number of nitrogens with zero attached hydrogens (tertiary/aromatic N) is 2. The average Bonchev–Trinajstić information content (AvgIpc) is 2.16. The quantitative estimate of drug-likeness (QED) is 0.786. The van der Waals surface area contributed by atoms with E-state index in [4.69, 9.17) is 5.11 Å². The van der Waals surface area contributed by atoms with Crippen molar-refractivity contribution in [1.29, 1.82) is 0 Å². The van der Waals surface area contributed by atoms with Gasteiger partial charge in [-0.1, -0.05) is 0 Å². The van der Waals surface area contributed by atoms with E-state index in [-0.39, 0.29) is 11.2 Å². The van der Waals surface area contributed by atoms with E-state index in [1.807, 2.05) is 0 Å². The van der Waals surface area contributed by atoms with Gasteiger partial charge in [0.05, 0.1) is 12.4 Å². The fourth-order valence-corrected chi connectivity index (χ4v) is 1.64. The van der Waals surface area contributed by atoms with Crippen LogP contribution in [0.5, 0.6) is 0 Å². The van der Waals surface area contributed by atoms with E-state index < -0.39 is 5.97 Å². The third kappa shape index (κ3) is 2.06. The van der Waals surface area contributed by atoms with Crippen LogP contribution in [0.1, 0.15) is 36.7 Å². The first-order chi connectivity index (χ1) is 7.09. The normalized spacial score (nSPS) is 17.9. The van der Waals surface area contributed by atoms with Crippen molar-refractivity contribution >= 4 is 11.8 Å². The SMILES string of the molecule is CC1(Nc2cnc(C(=O)O)cn2)CCC1. The van der Waals surface area contributed by atoms with E-state index in [1.54, 1.807) is 0 Å². The number of hydrogen-bond donors (Lipinski definition) is 2. The van der Waals surface area contributed by atoms with Gasteiger partial charge in [0, 0.05) is 5.54 Å². The lowest BCUT2D eigenvalue weighted by Crippen LogP contribution is -2.41. The van der Waals surface area contributed by atoms with Crippen molar-refractivity contribution in [2.75, 3.05) is 5.32 Å². The molecule has 15 heavy (non-hydrogen) atoms. The third-order valence-electron chi connectivity index (χ3n) is 2.76. The average molecular weight is 207 g/mol. The Bertz CT molecular complexity index is 371. The number of nitrogens with one attached hydrogen (secondary N) is 1. The summed E-state index contributed by atoms with van der Waals surface area (Å²) in [6.45, 7) is 2.13. The topological polar surface area (TPSA) is 75.1 Å². The standard InChI is InChI=1S/C10H13N3O2/c1-10(3-2-4-10)13-8-6-11-7(5-12-8)9(14)15/h5-6H,2-4H2,1H3,(H,12,13)(H,14,15). The van der Waals surface area contributed by atoms with Crippen molar-refractivity contribution in [2.45, 2.75) is 31.7 Å². The second kappa shape index (κ2) is 3.49. The maximum atomic E-state index is 10.5. The number of aromatic carboxylic acids is 1. The predicted octanol–water partition coefficient (Wildman–Crippen LogP) is 1.53. The molecule has 1 aliphatic rings. The highest BCUT2D eigenvalue weighted by atomic mass is 16.4. The first-order valence-corrected chi connectivity index (χ1v) is 4.93. The Balaban J connectivity index is 2.07. The van der Waals surface area contributed by atoms with Gasteiger partial charge in [0.2, 0.25) is 0 Å². The molecule has 80 valence electrons. The van der Waals surface area contributed by atoms with Crippen molar-refractivity contribution < 1.29 is 9.90 Å². The molecule has 1 saturated carbocycles. The van der Waals surface area contributed by atoms with Crippen molar-refractivity contribution in [3.63, 3.8) is 0 Å². The number of aromatic nitrogens is 2. The third-order valence-corrected chi connectivity index (χ3v) is 2.76. The van der Waals surface area contributed by atoms with E-state index in [0.29, 0.717) is 5.82 Å². The van der Waals surface area contributed by atoms with Crippen LogP contribution < -0.4 is 5.32 Å². The fraction of sp³-hybridized carbons (Fsp3) is 0.500. The maximum absolute atomic E-state index is 10.5. The molecule has 0 aromatic carbocycles. The van der Waals surface area contributed by atoms with Crippen LogP contribution in [0.2, 0.25) is 0 Å². The molecule has 0 radical (unpaired) electrons. The molecule has 1 aromatic heterocycles. The van der Waals surface area contributed by atoms with Gasteiger partial charge >= 0.3 is 5.97 Å². The van der Waals surface area contributed by atoms with Gasteiger partial charge in [0.25, 0.3) is 0 Å². The summed E-state index contributed by atoms with van der Waals surface area (Å²) in [5, 5.41) is 11.9. The number of carboxylic acids is 1. The number of carbonyl (C=O) groups is 1. The van der Waals surface area contributed by atoms with Gasteiger partial charge in [-0.3, -0.25) is 0 Å². The first-order valence-electron chi connectivity index (χ1n) is 4.93. The van der Waals surface area contributed by atoms with Crippen LogP contribution in [-0.2, 0) is 0 Å². The highest BCUT2D eigenvalue weighted by molar-refractivity contribution is 5.84. The molecule has 0 aliphatic heterocycles. The molecule has 1 aromatic rings. The van der Waals surface area contributed by atoms with Gasteiger partial charge in [-0.2, -0.15) is 0 Å². The molecule has 5 heteroatoms. The summed E-state index contributed by atoms with van der Waals surface area (Å²) in [5.41, 5.74) is 0.0821. The zero-order chi connectivity index (χ0) is 10.9. The lowest BCUT2D eigenvalue weighted by atomic mass is 9.78. The maximum Gasteiger partial charge on any atom is 0.356 e. The molecular weight excluding hydrogens is 194 g/mol. The van der Waals surface area contributed by atoms with Gasteiger partial charge in [-0.05, 0) is 26.2 Å². The molecule has 0 spiro atoms. The van der Waals surface area contributed by atoms with Gasteiger partial charge in [0.1, 0.15) is 5.82 Å². The van der Waals surface area contributed by atoms with Gasteiger partial charge in [0.15, 0.2) is 5.69 Å². The molecule has 0 atom stereocenters. The molecule has 5 nitrogen and oxygen atoms in total. The number of hydrogen-bond acceptors (Lipinski definition) is 4. The summed E-state index contributed by atoms with van der Waals surface area (Å²) in [7, 11) is 0. The minimum atomic E-state index is -1.05. The zero-order valence-corrected chi connectivity index (χ0v) is 8.53. The van der Waals surface area contributed by atoms with Crippen LogP contribution >= 0.6 is 0 Å². The van der Waals surface area contributed by atoms with Crippen molar-refractivity contribution in [3.8, 4) is 0 Å². The predicted molar refractivity (Wildman–Crippen MR) is 54.9 cm³/mol. The van der Waals surface area contributed by atoms with Crippen LogP contribution in [-0.4, -0.2) is 26.6 Å². The second-order valence-electron chi connectivity index (χ2n) is 4.13. The summed E-state index contributed by atoms with van der Waals surface area (Å²) in [4.78, 5) is 18.4. The summed E-state index contributed by atoms with van der Waals surface area (Å²) in [6, 6.07) is 0. The summed E-state index contributed by atoms with van der Waals surface area (Å²) < 4.78 is 0. The molecule has 2 rings (SSSR count). The Labute approximate surface area is 87.6 Å². The lowest BCUT2D eigenvalue weighted by Gasteiger charge is -2.39. The summed E-state index contributed by atoms with van der Waals surface area (Å²) in [6.07, 6.45) is 6.20. The van der Waals surface area contributed by atoms with Crippen LogP contribution in [0.15, 0.2) is 12.4 Å². The number of rotatable bonds is 3. The highest BCUT2D eigenvalue weighted by Gasteiger charge is 2.31.